The van der Waals surface area contributed by atoms with E-state index >= 15 is 0 Å². The molecule has 2 heteroatoms. The number of anilines is 3. The van der Waals surface area contributed by atoms with Crippen LogP contribution in [0.3, 0.4) is 0 Å². The van der Waals surface area contributed by atoms with E-state index in [0.717, 1.165) is 28.6 Å². The van der Waals surface area contributed by atoms with Crippen molar-refractivity contribution < 1.29 is 4.74 Å². The van der Waals surface area contributed by atoms with Gasteiger partial charge in [-0.05, 0) is 58.7 Å². The van der Waals surface area contributed by atoms with Crippen LogP contribution in [0.4, 0.5) is 17.1 Å². The topological polar surface area (TPSA) is 12.5 Å². The van der Waals surface area contributed by atoms with Crippen molar-refractivity contribution in [3.8, 4) is 33.8 Å². The Labute approximate surface area is 188 Å². The highest BCUT2D eigenvalue weighted by atomic mass is 16.5. The predicted octanol–water partition coefficient (Wildman–Crippen LogP) is 8.60. The molecule has 0 atom stereocenters. The third-order valence-electron chi connectivity index (χ3n) is 5.88. The zero-order valence-corrected chi connectivity index (χ0v) is 17.5. The molecule has 0 bridgehead atoms. The zero-order valence-electron chi connectivity index (χ0n) is 17.5. The summed E-state index contributed by atoms with van der Waals surface area (Å²) in [6.07, 6.45) is 0. The van der Waals surface area contributed by atoms with E-state index in [1.807, 2.05) is 42.5 Å². The van der Waals surface area contributed by atoms with Crippen LogP contribution in [-0.4, -0.2) is 0 Å². The normalized spacial score (nSPS) is 11.9. The van der Waals surface area contributed by atoms with Crippen molar-refractivity contribution in [2.45, 2.75) is 0 Å². The molecule has 1 heterocycles. The summed E-state index contributed by atoms with van der Waals surface area (Å²) in [5.41, 5.74) is 8.07. The number of para-hydroxylation sites is 4. The van der Waals surface area contributed by atoms with E-state index in [0.29, 0.717) is 0 Å². The van der Waals surface area contributed by atoms with Crippen LogP contribution in [0.25, 0.3) is 22.3 Å². The highest BCUT2D eigenvalue weighted by Crippen LogP contribution is 2.50. The van der Waals surface area contributed by atoms with Crippen molar-refractivity contribution in [3.63, 3.8) is 0 Å². The van der Waals surface area contributed by atoms with Crippen LogP contribution in [0.2, 0.25) is 0 Å². The summed E-state index contributed by atoms with van der Waals surface area (Å²) in [4.78, 5) is 2.26. The predicted molar refractivity (Wildman–Crippen MR) is 132 cm³/mol. The van der Waals surface area contributed by atoms with Crippen molar-refractivity contribution in [1.82, 2.24) is 0 Å². The van der Waals surface area contributed by atoms with E-state index in [4.69, 9.17) is 4.74 Å². The molecule has 0 amide bonds. The van der Waals surface area contributed by atoms with Crippen LogP contribution in [0.1, 0.15) is 0 Å². The highest BCUT2D eigenvalue weighted by molar-refractivity contribution is 5.86. The minimum atomic E-state index is 0.867. The van der Waals surface area contributed by atoms with Crippen LogP contribution < -0.4 is 9.64 Å². The molecule has 1 aliphatic rings. The van der Waals surface area contributed by atoms with Gasteiger partial charge in [0.25, 0.3) is 0 Å². The van der Waals surface area contributed by atoms with Crippen LogP contribution in [0, 0.1) is 0 Å². The third kappa shape index (κ3) is 3.23. The maximum atomic E-state index is 6.13. The van der Waals surface area contributed by atoms with Gasteiger partial charge >= 0.3 is 0 Å². The van der Waals surface area contributed by atoms with Gasteiger partial charge in [0.1, 0.15) is 0 Å². The molecular formula is C30H21NO. The average molecular weight is 412 g/mol. The lowest BCUT2D eigenvalue weighted by molar-refractivity contribution is 0.477. The first-order valence-corrected chi connectivity index (χ1v) is 10.8. The monoisotopic (exact) mass is 411 g/mol. The molecule has 0 aliphatic carbocycles. The Morgan fingerprint density at radius 2 is 0.781 bits per heavy atom. The molecule has 0 aromatic heterocycles. The number of benzene rings is 5. The van der Waals surface area contributed by atoms with Gasteiger partial charge in [-0.25, -0.2) is 0 Å². The summed E-state index contributed by atoms with van der Waals surface area (Å²) < 4.78 is 6.13. The lowest BCUT2D eigenvalue weighted by Gasteiger charge is -2.32. The Kier molecular flexibility index (Phi) is 4.47. The van der Waals surface area contributed by atoms with Gasteiger partial charge in [0, 0.05) is 5.69 Å². The molecule has 5 aromatic rings. The standard InChI is InChI=1S/C30H21NO/c1-2-8-22(9-3-1)23-14-16-24(17-15-23)25-18-20-26(21-19-25)31-27-10-4-6-12-29(27)32-30-13-7-5-11-28(30)31/h1-21H. The second-order valence-electron chi connectivity index (χ2n) is 7.86. The van der Waals surface area contributed by atoms with Crippen LogP contribution in [0.5, 0.6) is 11.5 Å². The van der Waals surface area contributed by atoms with Gasteiger partial charge in [-0.3, -0.25) is 0 Å². The van der Waals surface area contributed by atoms with Gasteiger partial charge in [-0.2, -0.15) is 0 Å². The highest BCUT2D eigenvalue weighted by Gasteiger charge is 2.24. The Morgan fingerprint density at radius 3 is 1.31 bits per heavy atom. The largest absolute Gasteiger partial charge is 0.453 e. The van der Waals surface area contributed by atoms with Gasteiger partial charge in [0.05, 0.1) is 11.4 Å². The quantitative estimate of drug-likeness (QED) is 0.289. The van der Waals surface area contributed by atoms with E-state index in [1.165, 1.54) is 22.3 Å². The van der Waals surface area contributed by atoms with E-state index in [-0.39, 0.29) is 0 Å². The summed E-state index contributed by atoms with van der Waals surface area (Å²) in [5, 5.41) is 0. The minimum Gasteiger partial charge on any atom is -0.453 e. The Morgan fingerprint density at radius 1 is 0.375 bits per heavy atom. The number of ether oxygens (including phenoxy) is 1. The number of hydrogen-bond acceptors (Lipinski definition) is 2. The molecule has 2 nitrogen and oxygen atoms in total. The molecule has 0 N–H and O–H groups in total. The summed E-state index contributed by atoms with van der Waals surface area (Å²) in [6, 6.07) is 44.3. The molecule has 0 unspecified atom stereocenters. The molecule has 6 rings (SSSR count). The number of nitrogens with zero attached hydrogens (tertiary/aromatic N) is 1. The molecule has 0 fully saturated rings. The molecule has 32 heavy (non-hydrogen) atoms. The van der Waals surface area contributed by atoms with E-state index in [2.05, 4.69) is 89.8 Å². The van der Waals surface area contributed by atoms with E-state index in [9.17, 15) is 0 Å². The first-order valence-electron chi connectivity index (χ1n) is 10.8. The summed E-state index contributed by atoms with van der Waals surface area (Å²) in [5.74, 6) is 1.73. The van der Waals surface area contributed by atoms with Gasteiger partial charge in [0.2, 0.25) is 0 Å². The summed E-state index contributed by atoms with van der Waals surface area (Å²) >= 11 is 0. The average Bonchev–Trinajstić information content (AvgIpc) is 2.88. The maximum absolute atomic E-state index is 6.13. The van der Waals surface area contributed by atoms with Crippen molar-refractivity contribution in [3.05, 3.63) is 127 Å². The van der Waals surface area contributed by atoms with Gasteiger partial charge < -0.3 is 9.64 Å². The molecule has 152 valence electrons. The molecule has 0 radical (unpaired) electrons. The Bertz CT molecular complexity index is 1330. The smallest absolute Gasteiger partial charge is 0.151 e. The number of hydrogen-bond donors (Lipinski definition) is 0. The Hall–Kier alpha value is -4.30. The van der Waals surface area contributed by atoms with Crippen LogP contribution >= 0.6 is 0 Å². The van der Waals surface area contributed by atoms with Crippen molar-refractivity contribution >= 4 is 17.1 Å². The third-order valence-corrected chi connectivity index (χ3v) is 5.88. The van der Waals surface area contributed by atoms with Crippen molar-refractivity contribution in [2.75, 3.05) is 4.90 Å². The van der Waals surface area contributed by atoms with Gasteiger partial charge in [-0.15, -0.1) is 0 Å². The number of rotatable bonds is 3. The fourth-order valence-electron chi connectivity index (χ4n) is 4.27. The van der Waals surface area contributed by atoms with E-state index < -0.39 is 0 Å². The molecule has 0 saturated heterocycles. The van der Waals surface area contributed by atoms with Crippen LogP contribution in [-0.2, 0) is 0 Å². The second-order valence-corrected chi connectivity index (χ2v) is 7.86. The lowest BCUT2D eigenvalue weighted by Crippen LogP contribution is -2.15. The molecule has 0 spiro atoms. The van der Waals surface area contributed by atoms with E-state index in [1.54, 1.807) is 0 Å². The van der Waals surface area contributed by atoms with Gasteiger partial charge in [-0.1, -0.05) is 91.0 Å². The molecule has 0 saturated carbocycles. The fraction of sp³-hybridized carbons (Fsp3) is 0. The van der Waals surface area contributed by atoms with Crippen molar-refractivity contribution in [1.29, 1.82) is 0 Å². The second kappa shape index (κ2) is 7.75. The zero-order chi connectivity index (χ0) is 21.3. The summed E-state index contributed by atoms with van der Waals surface area (Å²) in [6.45, 7) is 0. The molecule has 5 aromatic carbocycles. The fourth-order valence-corrected chi connectivity index (χ4v) is 4.27. The van der Waals surface area contributed by atoms with Crippen molar-refractivity contribution in [2.24, 2.45) is 0 Å². The Balaban J connectivity index is 1.35. The molecule has 1 aliphatic heterocycles. The first kappa shape index (κ1) is 18.5. The first-order chi connectivity index (χ1) is 15.9. The van der Waals surface area contributed by atoms with Gasteiger partial charge in [0.15, 0.2) is 11.5 Å². The maximum Gasteiger partial charge on any atom is 0.151 e. The molecular weight excluding hydrogens is 390 g/mol. The van der Waals surface area contributed by atoms with Crippen LogP contribution in [0.15, 0.2) is 127 Å². The number of fused-ring (bicyclic) bond motifs is 2. The SMILES string of the molecule is c1ccc(-c2ccc(-c3ccc(N4c5ccccc5Oc5ccccc54)cc3)cc2)cc1. The summed E-state index contributed by atoms with van der Waals surface area (Å²) in [7, 11) is 0. The minimum absolute atomic E-state index is 0.867. The lowest BCUT2D eigenvalue weighted by atomic mass is 10.00.